The van der Waals surface area contributed by atoms with Crippen LogP contribution in [0.25, 0.3) is 33.3 Å². The van der Waals surface area contributed by atoms with Gasteiger partial charge in [0.2, 0.25) is 11.9 Å². The molecule has 6 rings (SSSR count). The smallest absolute Gasteiger partial charge is 0.251 e. The van der Waals surface area contributed by atoms with Crippen LogP contribution >= 0.6 is 0 Å². The van der Waals surface area contributed by atoms with Gasteiger partial charge in [-0.05, 0) is 47.3 Å². The Morgan fingerprint density at radius 2 is 1.82 bits per heavy atom. The summed E-state index contributed by atoms with van der Waals surface area (Å²) in [5.74, 6) is -0.411. The van der Waals surface area contributed by atoms with Gasteiger partial charge >= 0.3 is 0 Å². The second-order valence-electron chi connectivity index (χ2n) is 9.01. The molecule has 10 heteroatoms. The van der Waals surface area contributed by atoms with Gasteiger partial charge in [0.15, 0.2) is 5.82 Å². The monoisotopic (exact) mass is 519 g/mol. The molecule has 0 spiro atoms. The molecule has 0 aliphatic rings. The number of aromatic amines is 2. The zero-order valence-electron chi connectivity index (χ0n) is 20.5. The molecule has 0 aliphatic carbocycles. The largest absolute Gasteiger partial charge is 0.345 e. The first kappa shape index (κ1) is 24.0. The number of nitrogens with one attached hydrogen (secondary N) is 4. The van der Waals surface area contributed by atoms with Crippen LogP contribution in [-0.4, -0.2) is 36.7 Å². The lowest BCUT2D eigenvalue weighted by Crippen LogP contribution is -2.31. The van der Waals surface area contributed by atoms with Crippen molar-refractivity contribution >= 4 is 39.6 Å². The number of anilines is 1. The van der Waals surface area contributed by atoms with E-state index in [2.05, 4.69) is 35.6 Å². The van der Waals surface area contributed by atoms with Gasteiger partial charge in [0.1, 0.15) is 11.5 Å². The highest BCUT2D eigenvalue weighted by Crippen LogP contribution is 2.24. The minimum atomic E-state index is -0.780. The number of amides is 2. The molecule has 3 heterocycles. The van der Waals surface area contributed by atoms with Crippen molar-refractivity contribution in [2.75, 3.05) is 5.32 Å². The highest BCUT2D eigenvalue weighted by Gasteiger charge is 2.21. The molecule has 0 fully saturated rings. The van der Waals surface area contributed by atoms with Gasteiger partial charge in [-0.2, -0.15) is 0 Å². The molecule has 3 aromatic heterocycles. The molecule has 2 amide bonds. The van der Waals surface area contributed by atoms with E-state index in [9.17, 15) is 14.0 Å². The Labute approximate surface area is 221 Å². The summed E-state index contributed by atoms with van der Waals surface area (Å²) < 4.78 is 14.0. The third-order valence-electron chi connectivity index (χ3n) is 6.32. The Hall–Kier alpha value is -5.38. The van der Waals surface area contributed by atoms with E-state index in [4.69, 9.17) is 0 Å². The number of aromatic nitrogens is 5. The molecule has 0 radical (unpaired) electrons. The fourth-order valence-corrected chi connectivity index (χ4v) is 4.40. The van der Waals surface area contributed by atoms with E-state index in [0.717, 1.165) is 10.8 Å². The van der Waals surface area contributed by atoms with Gasteiger partial charge in [0.25, 0.3) is 5.91 Å². The number of hydrogen-bond acceptors (Lipinski definition) is 5. The molecule has 0 saturated heterocycles. The number of fused-ring (bicyclic) bond motifs is 2. The maximum absolute atomic E-state index is 14.0. The van der Waals surface area contributed by atoms with Gasteiger partial charge < -0.3 is 15.3 Å². The number of pyridine rings is 1. The average Bonchev–Trinajstić information content (AvgIpc) is 3.62. The van der Waals surface area contributed by atoms with Crippen LogP contribution in [0.1, 0.15) is 28.4 Å². The Morgan fingerprint density at radius 1 is 0.949 bits per heavy atom. The number of benzene rings is 3. The van der Waals surface area contributed by atoms with Crippen LogP contribution in [0.15, 0.2) is 91.4 Å². The molecule has 0 saturated carbocycles. The van der Waals surface area contributed by atoms with E-state index in [1.165, 1.54) is 24.4 Å². The lowest BCUT2D eigenvalue weighted by atomic mass is 10.0. The zero-order valence-corrected chi connectivity index (χ0v) is 20.5. The molecule has 6 aromatic rings. The van der Waals surface area contributed by atoms with E-state index in [0.29, 0.717) is 33.7 Å². The second kappa shape index (κ2) is 10.2. The molecule has 0 aliphatic heterocycles. The third kappa shape index (κ3) is 5.21. The van der Waals surface area contributed by atoms with Crippen molar-refractivity contribution in [3.05, 3.63) is 108 Å². The Balaban J connectivity index is 1.25. The summed E-state index contributed by atoms with van der Waals surface area (Å²) in [6, 6.07) is 20.0. The van der Waals surface area contributed by atoms with Crippen molar-refractivity contribution in [2.24, 2.45) is 0 Å². The molecule has 0 unspecified atom stereocenters. The quantitative estimate of drug-likeness (QED) is 0.232. The molecule has 192 valence electrons. The summed E-state index contributed by atoms with van der Waals surface area (Å²) >= 11 is 0. The minimum absolute atomic E-state index is 0.125. The van der Waals surface area contributed by atoms with E-state index in [1.54, 1.807) is 36.7 Å². The van der Waals surface area contributed by atoms with E-state index in [-0.39, 0.29) is 12.4 Å². The highest BCUT2D eigenvalue weighted by molar-refractivity contribution is 5.98. The fraction of sp³-hybridized carbons (Fsp3) is 0.0690. The number of nitrogens with zero attached hydrogens (tertiary/aromatic N) is 3. The van der Waals surface area contributed by atoms with Crippen molar-refractivity contribution in [1.82, 2.24) is 30.2 Å². The SMILES string of the molecule is O=C(C[C@H](NC(=O)c1ccc2nc(-c3cc4ccccc4cn3)[nH]c2c1)c1cccc(F)c1)Nc1ncc[nH]1. The number of imidazole rings is 2. The molecule has 4 N–H and O–H groups in total. The van der Waals surface area contributed by atoms with Crippen LogP contribution in [0, 0.1) is 5.82 Å². The van der Waals surface area contributed by atoms with Gasteiger partial charge in [-0.1, -0.05) is 36.4 Å². The van der Waals surface area contributed by atoms with E-state index in [1.807, 2.05) is 30.3 Å². The maximum Gasteiger partial charge on any atom is 0.251 e. The fourth-order valence-electron chi connectivity index (χ4n) is 4.40. The summed E-state index contributed by atoms with van der Waals surface area (Å²) in [5, 5.41) is 7.57. The van der Waals surface area contributed by atoms with Crippen LogP contribution in [0.2, 0.25) is 0 Å². The number of carbonyl (C=O) groups excluding carboxylic acids is 2. The maximum atomic E-state index is 14.0. The van der Waals surface area contributed by atoms with Crippen LogP contribution in [0.3, 0.4) is 0 Å². The van der Waals surface area contributed by atoms with E-state index < -0.39 is 23.7 Å². The zero-order chi connectivity index (χ0) is 26.8. The van der Waals surface area contributed by atoms with Crippen molar-refractivity contribution in [2.45, 2.75) is 12.5 Å². The highest BCUT2D eigenvalue weighted by atomic mass is 19.1. The molecule has 39 heavy (non-hydrogen) atoms. The van der Waals surface area contributed by atoms with Gasteiger partial charge in [0.05, 0.1) is 23.5 Å². The minimum Gasteiger partial charge on any atom is -0.345 e. The van der Waals surface area contributed by atoms with Crippen molar-refractivity contribution in [3.8, 4) is 11.5 Å². The van der Waals surface area contributed by atoms with Crippen molar-refractivity contribution in [1.29, 1.82) is 0 Å². The Bertz CT molecular complexity index is 1810. The standard InChI is InChI=1S/C29H22FN7O2/c30-21-7-3-6-18(12-21)23(15-26(38)37-29-31-10-11-32-29)36-28(39)19-8-9-22-24(14-19)35-27(34-22)25-13-17-4-1-2-5-20(17)16-33-25/h1-14,16,23H,15H2,(H,34,35)(H,36,39)(H2,31,32,37,38)/t23-/m0/s1. The van der Waals surface area contributed by atoms with Crippen LogP contribution in [0.4, 0.5) is 10.3 Å². The average molecular weight is 520 g/mol. The number of hydrogen-bond donors (Lipinski definition) is 4. The number of rotatable bonds is 7. The predicted octanol–water partition coefficient (Wildman–Crippen LogP) is 5.14. The summed E-state index contributed by atoms with van der Waals surface area (Å²) in [5.41, 5.74) is 2.84. The summed E-state index contributed by atoms with van der Waals surface area (Å²) in [4.78, 5) is 45.1. The Morgan fingerprint density at radius 3 is 2.64 bits per heavy atom. The van der Waals surface area contributed by atoms with Gasteiger partial charge in [-0.25, -0.2) is 14.4 Å². The topological polar surface area (TPSA) is 128 Å². The number of carbonyl (C=O) groups is 2. The van der Waals surface area contributed by atoms with Crippen molar-refractivity contribution < 1.29 is 14.0 Å². The summed E-state index contributed by atoms with van der Waals surface area (Å²) in [7, 11) is 0. The first-order valence-corrected chi connectivity index (χ1v) is 12.2. The predicted molar refractivity (Wildman–Crippen MR) is 145 cm³/mol. The number of halogens is 1. The number of H-pyrrole nitrogens is 2. The lowest BCUT2D eigenvalue weighted by Gasteiger charge is -2.19. The van der Waals surface area contributed by atoms with E-state index >= 15 is 0 Å². The first-order chi connectivity index (χ1) is 19.0. The molecule has 9 nitrogen and oxygen atoms in total. The lowest BCUT2D eigenvalue weighted by molar-refractivity contribution is -0.116. The van der Waals surface area contributed by atoms with Crippen molar-refractivity contribution in [3.63, 3.8) is 0 Å². The van der Waals surface area contributed by atoms with Crippen LogP contribution in [0.5, 0.6) is 0 Å². The molecular weight excluding hydrogens is 497 g/mol. The first-order valence-electron chi connectivity index (χ1n) is 12.2. The summed E-state index contributed by atoms with van der Waals surface area (Å²) in [6.07, 6.45) is 4.76. The second-order valence-corrected chi connectivity index (χ2v) is 9.01. The molecule has 0 bridgehead atoms. The van der Waals surface area contributed by atoms with Gasteiger partial charge in [-0.3, -0.25) is 19.9 Å². The van der Waals surface area contributed by atoms with Crippen LogP contribution in [-0.2, 0) is 4.79 Å². The summed E-state index contributed by atoms with van der Waals surface area (Å²) in [6.45, 7) is 0. The molecular formula is C29H22FN7O2. The Kier molecular flexibility index (Phi) is 6.26. The van der Waals surface area contributed by atoms with Gasteiger partial charge in [0, 0.05) is 29.5 Å². The normalized spacial score (nSPS) is 11.9. The molecule has 3 aromatic carbocycles. The third-order valence-corrected chi connectivity index (χ3v) is 6.32. The molecule has 1 atom stereocenters. The van der Waals surface area contributed by atoms with Crippen LogP contribution < -0.4 is 10.6 Å². The van der Waals surface area contributed by atoms with Gasteiger partial charge in [-0.15, -0.1) is 0 Å².